The molecule has 4 nitrogen and oxygen atoms in total. The van der Waals surface area contributed by atoms with E-state index in [0.717, 1.165) is 25.5 Å². The van der Waals surface area contributed by atoms with Crippen LogP contribution in [-0.4, -0.2) is 22.5 Å². The van der Waals surface area contributed by atoms with E-state index in [2.05, 4.69) is 21.7 Å². The van der Waals surface area contributed by atoms with Gasteiger partial charge in [-0.15, -0.1) is 22.7 Å². The number of thiophene rings is 2. The van der Waals surface area contributed by atoms with Crippen molar-refractivity contribution in [2.45, 2.75) is 6.10 Å². The first-order valence-electron chi connectivity index (χ1n) is 7.65. The van der Waals surface area contributed by atoms with Crippen molar-refractivity contribution in [3.63, 3.8) is 0 Å². The zero-order chi connectivity index (χ0) is 17.2. The van der Waals surface area contributed by atoms with Crippen LogP contribution in [0.5, 0.6) is 0 Å². The van der Waals surface area contributed by atoms with Crippen LogP contribution in [0.1, 0.15) is 20.8 Å². The van der Waals surface area contributed by atoms with Crippen molar-refractivity contribution in [1.82, 2.24) is 10.3 Å². The first-order valence-corrected chi connectivity index (χ1v) is 10.2. The normalized spacial score (nSPS) is 12.4. The van der Waals surface area contributed by atoms with Gasteiger partial charge in [0.1, 0.15) is 6.10 Å². The lowest BCUT2D eigenvalue weighted by Gasteiger charge is -2.09. The van der Waals surface area contributed by atoms with Crippen LogP contribution < -0.4 is 5.32 Å². The molecule has 0 radical (unpaired) electrons. The molecule has 0 fully saturated rings. The topological polar surface area (TPSA) is 62.2 Å². The maximum atomic E-state index is 12.3. The molecular weight excluding hydrogens is 372 g/mol. The summed E-state index contributed by atoms with van der Waals surface area (Å²) in [5.74, 6) is -0.255. The molecule has 0 aliphatic rings. The third-order valence-electron chi connectivity index (χ3n) is 3.70. The molecule has 0 aliphatic heterocycles. The quantitative estimate of drug-likeness (QED) is 0.529. The number of para-hydroxylation sites is 1. The molecule has 0 bridgehead atoms. The van der Waals surface area contributed by atoms with Gasteiger partial charge in [0.25, 0.3) is 5.91 Å². The number of aliphatic hydroxyl groups excluding tert-OH is 1. The molecule has 1 unspecified atom stereocenters. The highest BCUT2D eigenvalue weighted by Crippen LogP contribution is 2.32. The maximum Gasteiger partial charge on any atom is 0.280 e. The average Bonchev–Trinajstić information content (AvgIpc) is 3.38. The lowest BCUT2D eigenvalue weighted by molar-refractivity contribution is 0.0918. The largest absolute Gasteiger partial charge is 0.386 e. The number of fused-ring (bicyclic) bond motifs is 1. The monoisotopic (exact) mass is 386 g/mol. The summed E-state index contributed by atoms with van der Waals surface area (Å²) in [4.78, 5) is 18.6. The van der Waals surface area contributed by atoms with Gasteiger partial charge in [-0.3, -0.25) is 4.79 Å². The van der Waals surface area contributed by atoms with Crippen LogP contribution >= 0.6 is 34.0 Å². The number of thiazole rings is 1. The SMILES string of the molecule is O=C(NCC(O)c1ccc(-c2ccsc2)s1)c1nc2ccccc2s1. The van der Waals surface area contributed by atoms with E-state index in [1.807, 2.05) is 41.8 Å². The molecule has 1 aromatic carbocycles. The van der Waals surface area contributed by atoms with Crippen molar-refractivity contribution in [3.8, 4) is 10.4 Å². The molecule has 0 spiro atoms. The molecule has 3 heterocycles. The number of rotatable bonds is 5. The number of nitrogens with zero attached hydrogens (tertiary/aromatic N) is 1. The summed E-state index contributed by atoms with van der Waals surface area (Å²) in [6, 6.07) is 13.6. The number of carbonyl (C=O) groups excluding carboxylic acids is 1. The second-order valence-electron chi connectivity index (χ2n) is 5.43. The minimum atomic E-state index is -0.726. The molecule has 126 valence electrons. The molecule has 1 amide bonds. The van der Waals surface area contributed by atoms with Crippen molar-refractivity contribution < 1.29 is 9.90 Å². The van der Waals surface area contributed by atoms with Gasteiger partial charge in [-0.1, -0.05) is 12.1 Å². The highest BCUT2D eigenvalue weighted by atomic mass is 32.1. The first-order chi connectivity index (χ1) is 12.2. The van der Waals surface area contributed by atoms with Crippen molar-refractivity contribution >= 4 is 50.1 Å². The Morgan fingerprint density at radius 2 is 2.04 bits per heavy atom. The molecule has 1 atom stereocenters. The highest BCUT2D eigenvalue weighted by Gasteiger charge is 2.16. The molecule has 25 heavy (non-hydrogen) atoms. The minimum Gasteiger partial charge on any atom is -0.386 e. The molecule has 3 aromatic heterocycles. The zero-order valence-electron chi connectivity index (χ0n) is 13.0. The van der Waals surface area contributed by atoms with Crippen LogP contribution in [0, 0.1) is 0 Å². The lowest BCUT2D eigenvalue weighted by Crippen LogP contribution is -2.27. The standard InChI is InChI=1S/C18H14N2O2S3/c21-13(16-6-5-14(24-16)11-7-8-23-10-11)9-19-17(22)18-20-12-3-1-2-4-15(12)25-18/h1-8,10,13,21H,9H2,(H,19,22). The second-order valence-corrected chi connectivity index (χ2v) is 8.35. The summed E-state index contributed by atoms with van der Waals surface area (Å²) in [5.41, 5.74) is 1.98. The number of amides is 1. The molecule has 4 aromatic rings. The lowest BCUT2D eigenvalue weighted by atomic mass is 10.2. The Balaban J connectivity index is 1.41. The Labute approximate surface area is 156 Å². The Morgan fingerprint density at radius 1 is 1.16 bits per heavy atom. The summed E-state index contributed by atoms with van der Waals surface area (Å²) in [5, 5.41) is 17.6. The van der Waals surface area contributed by atoms with Gasteiger partial charge in [-0.05, 0) is 41.1 Å². The van der Waals surface area contributed by atoms with Gasteiger partial charge in [0, 0.05) is 21.9 Å². The van der Waals surface area contributed by atoms with Gasteiger partial charge in [0.2, 0.25) is 0 Å². The number of nitrogens with one attached hydrogen (secondary N) is 1. The van der Waals surface area contributed by atoms with Gasteiger partial charge in [0.05, 0.1) is 10.2 Å². The maximum absolute atomic E-state index is 12.3. The van der Waals surface area contributed by atoms with E-state index in [9.17, 15) is 9.90 Å². The van der Waals surface area contributed by atoms with Crippen LogP contribution in [0.25, 0.3) is 20.7 Å². The van der Waals surface area contributed by atoms with Crippen LogP contribution in [0.15, 0.2) is 53.2 Å². The molecule has 4 rings (SSSR count). The van der Waals surface area contributed by atoms with Gasteiger partial charge >= 0.3 is 0 Å². The van der Waals surface area contributed by atoms with Gasteiger partial charge in [-0.2, -0.15) is 11.3 Å². The third kappa shape index (κ3) is 3.50. The van der Waals surface area contributed by atoms with E-state index < -0.39 is 6.10 Å². The summed E-state index contributed by atoms with van der Waals surface area (Å²) in [7, 11) is 0. The number of benzene rings is 1. The van der Waals surface area contributed by atoms with Gasteiger partial charge in [0.15, 0.2) is 5.01 Å². The van der Waals surface area contributed by atoms with E-state index in [1.54, 1.807) is 22.7 Å². The Kier molecular flexibility index (Phi) is 4.63. The Hall–Kier alpha value is -2.06. The predicted octanol–water partition coefficient (Wildman–Crippen LogP) is 4.55. The Morgan fingerprint density at radius 3 is 2.84 bits per heavy atom. The minimum absolute atomic E-state index is 0.165. The summed E-state index contributed by atoms with van der Waals surface area (Å²) < 4.78 is 0.979. The summed E-state index contributed by atoms with van der Waals surface area (Å²) >= 11 is 4.54. The highest BCUT2D eigenvalue weighted by molar-refractivity contribution is 7.20. The van der Waals surface area contributed by atoms with E-state index in [-0.39, 0.29) is 12.5 Å². The van der Waals surface area contributed by atoms with E-state index in [0.29, 0.717) is 5.01 Å². The fourth-order valence-electron chi connectivity index (χ4n) is 2.43. The third-order valence-corrected chi connectivity index (χ3v) is 6.66. The Bertz CT molecular complexity index is 971. The van der Waals surface area contributed by atoms with E-state index in [4.69, 9.17) is 0 Å². The molecule has 7 heteroatoms. The van der Waals surface area contributed by atoms with Crippen LogP contribution in [0.2, 0.25) is 0 Å². The van der Waals surface area contributed by atoms with Crippen LogP contribution in [0.4, 0.5) is 0 Å². The summed E-state index contributed by atoms with van der Waals surface area (Å²) in [6.07, 6.45) is -0.726. The van der Waals surface area contributed by atoms with Crippen molar-refractivity contribution in [2.24, 2.45) is 0 Å². The molecule has 0 saturated carbocycles. The molecule has 0 saturated heterocycles. The average molecular weight is 387 g/mol. The fraction of sp³-hybridized carbons (Fsp3) is 0.111. The van der Waals surface area contributed by atoms with E-state index in [1.165, 1.54) is 11.3 Å². The van der Waals surface area contributed by atoms with E-state index >= 15 is 0 Å². The molecular formula is C18H14N2O2S3. The number of carbonyl (C=O) groups is 1. The smallest absolute Gasteiger partial charge is 0.280 e. The second kappa shape index (κ2) is 7.05. The summed E-state index contributed by atoms with van der Waals surface area (Å²) in [6.45, 7) is 0.165. The van der Waals surface area contributed by atoms with Crippen LogP contribution in [0.3, 0.4) is 0 Å². The van der Waals surface area contributed by atoms with Gasteiger partial charge < -0.3 is 10.4 Å². The number of aromatic nitrogens is 1. The van der Waals surface area contributed by atoms with Crippen molar-refractivity contribution in [2.75, 3.05) is 6.54 Å². The van der Waals surface area contributed by atoms with Crippen LogP contribution in [-0.2, 0) is 0 Å². The first kappa shape index (κ1) is 16.4. The van der Waals surface area contributed by atoms with Crippen molar-refractivity contribution in [3.05, 3.63) is 63.1 Å². The number of hydrogen-bond donors (Lipinski definition) is 2. The number of hydrogen-bond acceptors (Lipinski definition) is 6. The van der Waals surface area contributed by atoms with Gasteiger partial charge in [-0.25, -0.2) is 4.98 Å². The molecule has 2 N–H and O–H groups in total. The van der Waals surface area contributed by atoms with Crippen molar-refractivity contribution in [1.29, 1.82) is 0 Å². The predicted molar refractivity (Wildman–Crippen MR) is 105 cm³/mol. The zero-order valence-corrected chi connectivity index (χ0v) is 15.5. The molecule has 0 aliphatic carbocycles. The fourth-order valence-corrected chi connectivity index (χ4v) is 5.03. The number of aliphatic hydroxyl groups is 1.